The minimum absolute atomic E-state index is 10.9. The maximum Gasteiger partial charge on any atom is 0.425 e. The fraction of sp³-hybridized carbons (Fsp3) is 1.00. The molecule has 0 heterocycles. The van der Waals surface area contributed by atoms with Crippen LogP contribution in [-0.2, 0) is 0 Å². The number of hydrogen-bond donors (Lipinski definition) is 0. The zero-order chi connectivity index (χ0) is 42.5. The smallest absolute Gasteiger partial charge is 0.231 e. The van der Waals surface area contributed by atoms with Crippen molar-refractivity contribution in [1.82, 2.24) is 0 Å². The van der Waals surface area contributed by atoms with Crippen LogP contribution in [0.4, 0.5) is 149 Å². The molecule has 1 saturated carbocycles. The van der Waals surface area contributed by atoms with Crippen LogP contribution in [0, 0.1) is 27.1 Å². The van der Waals surface area contributed by atoms with E-state index in [4.69, 9.17) is 0 Å². The van der Waals surface area contributed by atoms with Gasteiger partial charge in [0, 0.05) is 0 Å². The first-order valence-electron chi connectivity index (χ1n) is 10.7. The number of rotatable bonds is 0. The second-order valence-corrected chi connectivity index (χ2v) is 9.88. The van der Waals surface area contributed by atoms with Crippen molar-refractivity contribution >= 4 is 0 Å². The summed E-state index contributed by atoms with van der Waals surface area (Å²) in [7, 11) is 0. The summed E-state index contributed by atoms with van der Waals surface area (Å²) < 4.78 is 488. The zero-order valence-corrected chi connectivity index (χ0v) is 21.4. The molecule has 0 aromatic heterocycles. The van der Waals surface area contributed by atoms with E-state index in [0.29, 0.717) is 0 Å². The molecule has 0 aliphatic heterocycles. The summed E-state index contributed by atoms with van der Waals surface area (Å²) in [6.45, 7) is 0. The lowest BCUT2D eigenvalue weighted by Crippen LogP contribution is -3.02. The van der Waals surface area contributed by atoms with E-state index in [9.17, 15) is 145 Å². The van der Waals surface area contributed by atoms with Gasteiger partial charge in [-0.15, -0.1) is 0 Å². The van der Waals surface area contributed by atoms with Gasteiger partial charge in [0.2, 0.25) is 27.1 Å². The summed E-state index contributed by atoms with van der Waals surface area (Å²) in [5, 5.41) is 0. The summed E-state index contributed by atoms with van der Waals surface area (Å²) in [4.78, 5) is 0. The lowest BCUT2D eigenvalue weighted by Gasteiger charge is -2.76. The molecule has 0 unspecified atom stereocenters. The third-order valence-corrected chi connectivity index (χ3v) is 7.93. The average molecular weight is 850 g/mol. The molecular formula is C17F34. The Labute approximate surface area is 251 Å². The molecule has 34 heteroatoms. The Hall–Kier alpha value is -2.38. The predicted molar refractivity (Wildman–Crippen MR) is 82.6 cm³/mol. The maximum absolute atomic E-state index is 16.2. The molecule has 1 aliphatic rings. The Morgan fingerprint density at radius 2 is 0.255 bits per heavy atom. The standard InChI is InChI=1S/C17F34/c18-6(17(49,50)51)4(13(37,38)39,14(40,41)42)2(9(25,26)27,10(28,29)30)1(7(19,20)21,8(22,23)24)3(11(31,32)33,12(34,35)36)5(6,15(43,44)45)16(46,47)48. The molecule has 0 aromatic rings. The molecule has 0 N–H and O–H groups in total. The van der Waals surface area contributed by atoms with E-state index >= 15 is 4.39 Å². The third-order valence-electron chi connectivity index (χ3n) is 7.93. The largest absolute Gasteiger partial charge is 0.425 e. The average Bonchev–Trinajstić information content (AvgIpc) is 2.67. The van der Waals surface area contributed by atoms with Gasteiger partial charge in [-0.2, -0.15) is 145 Å². The molecule has 0 radical (unpaired) electrons. The van der Waals surface area contributed by atoms with Gasteiger partial charge in [0.05, 0.1) is 0 Å². The molecule has 1 aliphatic carbocycles. The Kier molecular flexibility index (Phi) is 9.54. The molecule has 0 atom stereocenters. The molecule has 1 fully saturated rings. The lowest BCUT2D eigenvalue weighted by molar-refractivity contribution is -0.676. The molecule has 0 bridgehead atoms. The molecule has 0 saturated heterocycles. The molecule has 1 rings (SSSR count). The predicted octanol–water partition coefficient (Wildman–Crippen LogP) is 11.8. The summed E-state index contributed by atoms with van der Waals surface area (Å²) in [6.07, 6.45) is -122. The van der Waals surface area contributed by atoms with Gasteiger partial charge < -0.3 is 0 Å². The summed E-state index contributed by atoms with van der Waals surface area (Å²) in [6, 6.07) is 0. The Bertz CT molecular complexity index is 1140. The van der Waals surface area contributed by atoms with E-state index in [-0.39, 0.29) is 0 Å². The molecule has 0 amide bonds. The minimum Gasteiger partial charge on any atom is -0.231 e. The topological polar surface area (TPSA) is 0 Å². The van der Waals surface area contributed by atoms with Gasteiger partial charge in [0.25, 0.3) is 5.67 Å². The number of hydrogen-bond acceptors (Lipinski definition) is 0. The van der Waals surface area contributed by atoms with Crippen molar-refractivity contribution in [3.8, 4) is 0 Å². The molecule has 0 aromatic carbocycles. The number of alkyl halides is 34. The second kappa shape index (κ2) is 10.4. The van der Waals surface area contributed by atoms with Crippen molar-refractivity contribution in [2.45, 2.75) is 73.6 Å². The Balaban J connectivity index is 6.56. The van der Waals surface area contributed by atoms with Crippen LogP contribution in [0.25, 0.3) is 0 Å². The minimum atomic E-state index is -12.4. The van der Waals surface area contributed by atoms with E-state index in [2.05, 4.69) is 0 Å². The van der Waals surface area contributed by atoms with Gasteiger partial charge in [0.15, 0.2) is 0 Å². The van der Waals surface area contributed by atoms with Gasteiger partial charge in [-0.3, -0.25) is 0 Å². The third kappa shape index (κ3) is 4.37. The van der Waals surface area contributed by atoms with Crippen molar-refractivity contribution in [3.05, 3.63) is 0 Å². The van der Waals surface area contributed by atoms with Crippen LogP contribution in [-0.4, -0.2) is 73.6 Å². The maximum atomic E-state index is 16.2. The van der Waals surface area contributed by atoms with E-state index in [1.54, 1.807) is 0 Å². The van der Waals surface area contributed by atoms with Crippen molar-refractivity contribution in [2.75, 3.05) is 0 Å². The van der Waals surface area contributed by atoms with Crippen molar-refractivity contribution in [2.24, 2.45) is 27.1 Å². The van der Waals surface area contributed by atoms with Crippen LogP contribution in [0.2, 0.25) is 0 Å². The molecular weight excluding hydrogens is 850 g/mol. The van der Waals surface area contributed by atoms with Crippen molar-refractivity contribution in [3.63, 3.8) is 0 Å². The SMILES string of the molecule is FC(F)(F)C1(F)C(C(F)(F)F)(C(F)(F)F)C(C(F)(F)F)(C(F)(F)F)C(C(F)(F)F)(C(F)(F)F)C(C(F)(F)F)(C(F)(F)F)C1(C(F)(F)F)C(F)(F)F. The van der Waals surface area contributed by atoms with E-state index in [1.807, 2.05) is 0 Å². The van der Waals surface area contributed by atoms with E-state index < -0.39 is 101 Å². The first kappa shape index (κ1) is 46.6. The first-order valence-corrected chi connectivity index (χ1v) is 10.7. The second-order valence-electron chi connectivity index (χ2n) is 9.88. The van der Waals surface area contributed by atoms with Crippen LogP contribution in [0.3, 0.4) is 0 Å². The van der Waals surface area contributed by atoms with Crippen LogP contribution in [0.1, 0.15) is 0 Å². The number of halogens is 34. The molecule has 306 valence electrons. The van der Waals surface area contributed by atoms with E-state index in [1.165, 1.54) is 0 Å². The quantitative estimate of drug-likeness (QED) is 0.213. The normalized spacial score (nSPS) is 23.6. The highest BCUT2D eigenvalue weighted by atomic mass is 19.5. The van der Waals surface area contributed by atoms with Crippen molar-refractivity contribution < 1.29 is 149 Å². The summed E-state index contributed by atoms with van der Waals surface area (Å²) >= 11 is 0. The van der Waals surface area contributed by atoms with Gasteiger partial charge in [0.1, 0.15) is 0 Å². The van der Waals surface area contributed by atoms with Crippen LogP contribution < -0.4 is 0 Å². The molecule has 0 spiro atoms. The molecule has 0 nitrogen and oxygen atoms in total. The monoisotopic (exact) mass is 850 g/mol. The van der Waals surface area contributed by atoms with Gasteiger partial charge in [-0.25, -0.2) is 4.39 Å². The summed E-state index contributed by atoms with van der Waals surface area (Å²) in [5.41, 5.74) is -73.4. The van der Waals surface area contributed by atoms with Gasteiger partial charge >= 0.3 is 67.9 Å². The Morgan fingerprint density at radius 1 is 0.157 bits per heavy atom. The van der Waals surface area contributed by atoms with Gasteiger partial charge in [-0.1, -0.05) is 0 Å². The Morgan fingerprint density at radius 3 is 0.333 bits per heavy atom. The van der Waals surface area contributed by atoms with Gasteiger partial charge in [-0.05, 0) is 0 Å². The van der Waals surface area contributed by atoms with Crippen LogP contribution in [0.5, 0.6) is 0 Å². The van der Waals surface area contributed by atoms with Crippen LogP contribution >= 0.6 is 0 Å². The summed E-state index contributed by atoms with van der Waals surface area (Å²) in [5.74, 6) is 0. The van der Waals surface area contributed by atoms with Crippen LogP contribution in [0.15, 0.2) is 0 Å². The fourth-order valence-corrected chi connectivity index (χ4v) is 7.05. The first-order chi connectivity index (χ1) is 21.2. The van der Waals surface area contributed by atoms with E-state index in [0.717, 1.165) is 0 Å². The highest BCUT2D eigenvalue weighted by molar-refractivity contribution is 5.46. The highest BCUT2D eigenvalue weighted by Crippen LogP contribution is 2.99. The van der Waals surface area contributed by atoms with Crippen molar-refractivity contribution in [1.29, 1.82) is 0 Å². The molecule has 51 heavy (non-hydrogen) atoms. The lowest BCUT2D eigenvalue weighted by atomic mass is 9.24. The fourth-order valence-electron chi connectivity index (χ4n) is 7.05. The zero-order valence-electron chi connectivity index (χ0n) is 21.4. The highest BCUT2D eigenvalue weighted by Gasteiger charge is 3.25.